The second-order valence-electron chi connectivity index (χ2n) is 4.18. The third-order valence-corrected chi connectivity index (χ3v) is 3.10. The van der Waals surface area contributed by atoms with Crippen LogP contribution < -0.4 is 10.6 Å². The normalized spacial score (nSPS) is 24.4. The van der Waals surface area contributed by atoms with Crippen molar-refractivity contribution in [2.45, 2.75) is 25.3 Å². The van der Waals surface area contributed by atoms with E-state index in [2.05, 4.69) is 15.6 Å². The van der Waals surface area contributed by atoms with Gasteiger partial charge in [0, 0.05) is 12.7 Å². The van der Waals surface area contributed by atoms with Crippen LogP contribution >= 0.6 is 0 Å². The lowest BCUT2D eigenvalue weighted by Crippen LogP contribution is -2.50. The summed E-state index contributed by atoms with van der Waals surface area (Å²) in [4.78, 5) is 16.5. The molecule has 4 nitrogen and oxygen atoms in total. The molecule has 0 aliphatic carbocycles. The zero-order chi connectivity index (χ0) is 11.6. The van der Waals surface area contributed by atoms with Crippen molar-refractivity contribution >= 4 is 5.91 Å². The summed E-state index contributed by atoms with van der Waals surface area (Å²) in [6.45, 7) is 2.80. The van der Waals surface area contributed by atoms with Crippen LogP contribution in [0.3, 0.4) is 0 Å². The number of aromatic nitrogens is 1. The SMILES string of the molecule is CNC(=O)C1(c2cccc(C)n2)CCCN1. The highest BCUT2D eigenvalue weighted by Gasteiger charge is 2.43. The van der Waals surface area contributed by atoms with Crippen LogP contribution in [0, 0.1) is 6.92 Å². The first-order valence-electron chi connectivity index (χ1n) is 5.60. The van der Waals surface area contributed by atoms with Crippen molar-refractivity contribution in [3.8, 4) is 0 Å². The van der Waals surface area contributed by atoms with Gasteiger partial charge in [0.2, 0.25) is 5.91 Å². The summed E-state index contributed by atoms with van der Waals surface area (Å²) < 4.78 is 0. The number of nitrogens with zero attached hydrogens (tertiary/aromatic N) is 1. The van der Waals surface area contributed by atoms with Crippen LogP contribution in [0.4, 0.5) is 0 Å². The van der Waals surface area contributed by atoms with Gasteiger partial charge >= 0.3 is 0 Å². The smallest absolute Gasteiger partial charge is 0.246 e. The molecule has 1 saturated heterocycles. The summed E-state index contributed by atoms with van der Waals surface area (Å²) in [6, 6.07) is 5.80. The second kappa shape index (κ2) is 4.22. The lowest BCUT2D eigenvalue weighted by Gasteiger charge is -2.27. The van der Waals surface area contributed by atoms with Gasteiger partial charge in [0.05, 0.1) is 5.69 Å². The second-order valence-corrected chi connectivity index (χ2v) is 4.18. The van der Waals surface area contributed by atoms with E-state index < -0.39 is 5.54 Å². The molecule has 16 heavy (non-hydrogen) atoms. The zero-order valence-electron chi connectivity index (χ0n) is 9.71. The van der Waals surface area contributed by atoms with Crippen molar-refractivity contribution < 1.29 is 4.79 Å². The van der Waals surface area contributed by atoms with E-state index in [9.17, 15) is 4.79 Å². The first-order chi connectivity index (χ1) is 7.69. The largest absolute Gasteiger partial charge is 0.357 e. The number of hydrogen-bond acceptors (Lipinski definition) is 3. The monoisotopic (exact) mass is 219 g/mol. The van der Waals surface area contributed by atoms with Crippen LogP contribution in [0.25, 0.3) is 0 Å². The molecule has 4 heteroatoms. The minimum absolute atomic E-state index is 0.00287. The van der Waals surface area contributed by atoms with Crippen LogP contribution in [-0.4, -0.2) is 24.5 Å². The van der Waals surface area contributed by atoms with E-state index in [0.717, 1.165) is 30.8 Å². The van der Waals surface area contributed by atoms with Crippen LogP contribution in [0.2, 0.25) is 0 Å². The molecule has 0 bridgehead atoms. The van der Waals surface area contributed by atoms with Gasteiger partial charge in [-0.15, -0.1) is 0 Å². The van der Waals surface area contributed by atoms with Gasteiger partial charge in [-0.2, -0.15) is 0 Å². The number of amides is 1. The van der Waals surface area contributed by atoms with Gasteiger partial charge in [-0.3, -0.25) is 15.1 Å². The third kappa shape index (κ3) is 1.69. The molecule has 0 spiro atoms. The van der Waals surface area contributed by atoms with Crippen molar-refractivity contribution in [3.63, 3.8) is 0 Å². The average Bonchev–Trinajstić information content (AvgIpc) is 2.78. The summed E-state index contributed by atoms with van der Waals surface area (Å²) in [5.41, 5.74) is 1.14. The highest BCUT2D eigenvalue weighted by molar-refractivity contribution is 5.87. The van der Waals surface area contributed by atoms with E-state index in [1.54, 1.807) is 7.05 Å². The summed E-state index contributed by atoms with van der Waals surface area (Å²) in [6.07, 6.45) is 1.81. The number of pyridine rings is 1. The number of aryl methyl sites for hydroxylation is 1. The standard InChI is InChI=1S/C12H17N3O/c1-9-5-3-6-10(15-9)12(11(16)13-2)7-4-8-14-12/h3,5-6,14H,4,7-8H2,1-2H3,(H,13,16). The van der Waals surface area contributed by atoms with Crippen molar-refractivity contribution in [1.29, 1.82) is 0 Å². The summed E-state index contributed by atoms with van der Waals surface area (Å²) in [5, 5.41) is 6.01. The highest BCUT2D eigenvalue weighted by Crippen LogP contribution is 2.29. The zero-order valence-corrected chi connectivity index (χ0v) is 9.71. The van der Waals surface area contributed by atoms with E-state index >= 15 is 0 Å². The molecule has 1 aliphatic heterocycles. The average molecular weight is 219 g/mol. The maximum Gasteiger partial charge on any atom is 0.246 e. The summed E-state index contributed by atoms with van der Waals surface area (Å²) >= 11 is 0. The van der Waals surface area contributed by atoms with Gasteiger partial charge in [0.1, 0.15) is 5.54 Å². The minimum Gasteiger partial charge on any atom is -0.357 e. The molecule has 0 radical (unpaired) electrons. The number of likely N-dealkylation sites (N-methyl/N-ethyl adjacent to an activating group) is 1. The predicted octanol–water partition coefficient (Wildman–Crippen LogP) is 0.715. The molecule has 1 aromatic rings. The third-order valence-electron chi connectivity index (χ3n) is 3.10. The molecule has 86 valence electrons. The molecule has 2 rings (SSSR count). The maximum absolute atomic E-state index is 12.0. The van der Waals surface area contributed by atoms with E-state index in [1.807, 2.05) is 25.1 Å². The van der Waals surface area contributed by atoms with Crippen LogP contribution in [0.5, 0.6) is 0 Å². The molecular weight excluding hydrogens is 202 g/mol. The number of hydrogen-bond donors (Lipinski definition) is 2. The summed E-state index contributed by atoms with van der Waals surface area (Å²) in [5.74, 6) is 0.00287. The van der Waals surface area contributed by atoms with Crippen LogP contribution in [0.1, 0.15) is 24.2 Å². The Morgan fingerprint density at radius 2 is 2.38 bits per heavy atom. The summed E-state index contributed by atoms with van der Waals surface area (Å²) in [7, 11) is 1.67. The van der Waals surface area contributed by atoms with Gasteiger partial charge in [-0.05, 0) is 38.4 Å². The highest BCUT2D eigenvalue weighted by atomic mass is 16.2. The molecule has 1 amide bonds. The van der Waals surface area contributed by atoms with Crippen molar-refractivity contribution in [2.24, 2.45) is 0 Å². The Labute approximate surface area is 95.5 Å². The Morgan fingerprint density at radius 1 is 1.56 bits per heavy atom. The number of nitrogens with one attached hydrogen (secondary N) is 2. The maximum atomic E-state index is 12.0. The molecule has 0 aromatic carbocycles. The molecule has 2 N–H and O–H groups in total. The quantitative estimate of drug-likeness (QED) is 0.770. The minimum atomic E-state index is -0.624. The van der Waals surface area contributed by atoms with Crippen molar-refractivity contribution in [3.05, 3.63) is 29.6 Å². The molecule has 1 aliphatic rings. The lowest BCUT2D eigenvalue weighted by molar-refractivity contribution is -0.127. The number of rotatable bonds is 2. The van der Waals surface area contributed by atoms with Crippen molar-refractivity contribution in [2.75, 3.05) is 13.6 Å². The molecular formula is C12H17N3O. The molecule has 0 saturated carbocycles. The Balaban J connectivity index is 2.43. The first-order valence-corrected chi connectivity index (χ1v) is 5.60. The van der Waals surface area contributed by atoms with E-state index in [-0.39, 0.29) is 5.91 Å². The van der Waals surface area contributed by atoms with Gasteiger partial charge in [0.15, 0.2) is 0 Å². The van der Waals surface area contributed by atoms with E-state index in [0.29, 0.717) is 0 Å². The lowest BCUT2D eigenvalue weighted by atomic mass is 9.91. The number of carbonyl (C=O) groups is 1. The Bertz CT molecular complexity index is 397. The Morgan fingerprint density at radius 3 is 2.94 bits per heavy atom. The topological polar surface area (TPSA) is 54.0 Å². The Hall–Kier alpha value is -1.42. The number of carbonyl (C=O) groups excluding carboxylic acids is 1. The molecule has 1 fully saturated rings. The molecule has 1 aromatic heterocycles. The van der Waals surface area contributed by atoms with E-state index in [4.69, 9.17) is 0 Å². The Kier molecular flexibility index (Phi) is 2.92. The fraction of sp³-hybridized carbons (Fsp3) is 0.500. The molecule has 2 heterocycles. The molecule has 1 unspecified atom stereocenters. The van der Waals surface area contributed by atoms with Gasteiger partial charge in [0.25, 0.3) is 0 Å². The van der Waals surface area contributed by atoms with E-state index in [1.165, 1.54) is 0 Å². The fourth-order valence-electron chi connectivity index (χ4n) is 2.27. The predicted molar refractivity (Wildman–Crippen MR) is 62.0 cm³/mol. The fourth-order valence-corrected chi connectivity index (χ4v) is 2.27. The van der Waals surface area contributed by atoms with Gasteiger partial charge < -0.3 is 5.32 Å². The molecule has 1 atom stereocenters. The van der Waals surface area contributed by atoms with Crippen LogP contribution in [0.15, 0.2) is 18.2 Å². The van der Waals surface area contributed by atoms with Gasteiger partial charge in [-0.25, -0.2) is 0 Å². The van der Waals surface area contributed by atoms with Crippen LogP contribution in [-0.2, 0) is 10.3 Å². The first kappa shape index (κ1) is 11.1. The van der Waals surface area contributed by atoms with Crippen molar-refractivity contribution in [1.82, 2.24) is 15.6 Å². The van der Waals surface area contributed by atoms with Gasteiger partial charge in [-0.1, -0.05) is 6.07 Å².